The number of guanidine groups is 1. The second kappa shape index (κ2) is 6.18. The molecule has 7 nitrogen and oxygen atoms in total. The van der Waals surface area contributed by atoms with Crippen molar-refractivity contribution in [1.29, 1.82) is 0 Å². The molecule has 25 heavy (non-hydrogen) atoms. The zero-order valence-corrected chi connectivity index (χ0v) is 16.7. The van der Waals surface area contributed by atoms with Crippen molar-refractivity contribution in [2.75, 3.05) is 13.1 Å². The molecule has 142 valence electrons. The summed E-state index contributed by atoms with van der Waals surface area (Å²) >= 11 is 0. The monoisotopic (exact) mass is 353 g/mol. The lowest BCUT2D eigenvalue weighted by molar-refractivity contribution is 0.0375. The highest BCUT2D eigenvalue weighted by atomic mass is 16.6. The van der Waals surface area contributed by atoms with Crippen LogP contribution in [0.3, 0.4) is 0 Å². The van der Waals surface area contributed by atoms with Crippen LogP contribution in [-0.2, 0) is 9.47 Å². The number of nitrogens with zero attached hydrogens (tertiary/aromatic N) is 3. The fourth-order valence-corrected chi connectivity index (χ4v) is 3.21. The molecule has 2 fully saturated rings. The van der Waals surface area contributed by atoms with Crippen molar-refractivity contribution in [1.82, 2.24) is 9.80 Å². The van der Waals surface area contributed by atoms with Crippen molar-refractivity contribution in [3.05, 3.63) is 0 Å². The number of fused-ring (bicyclic) bond motifs is 1. The van der Waals surface area contributed by atoms with Crippen LogP contribution in [0.5, 0.6) is 0 Å². The van der Waals surface area contributed by atoms with Crippen LogP contribution in [0.2, 0.25) is 0 Å². The summed E-state index contributed by atoms with van der Waals surface area (Å²) in [5.41, 5.74) is -1.14. The first-order chi connectivity index (χ1) is 11.2. The number of ether oxygens (including phenoxy) is 2. The number of carbonyl (C=O) groups is 2. The van der Waals surface area contributed by atoms with Crippen molar-refractivity contribution < 1.29 is 19.1 Å². The van der Waals surface area contributed by atoms with Crippen LogP contribution in [0, 0.1) is 5.41 Å². The highest BCUT2D eigenvalue weighted by Gasteiger charge is 2.49. The van der Waals surface area contributed by atoms with Gasteiger partial charge in [0, 0.05) is 6.54 Å². The largest absolute Gasteiger partial charge is 0.443 e. The summed E-state index contributed by atoms with van der Waals surface area (Å²) in [6.07, 6.45) is -0.247. The summed E-state index contributed by atoms with van der Waals surface area (Å²) in [5.74, 6) is 0.332. The molecule has 2 aliphatic heterocycles. The van der Waals surface area contributed by atoms with E-state index in [4.69, 9.17) is 9.47 Å². The molecule has 2 aliphatic rings. The maximum absolute atomic E-state index is 12.6. The van der Waals surface area contributed by atoms with Gasteiger partial charge in [-0.2, -0.15) is 0 Å². The van der Waals surface area contributed by atoms with Gasteiger partial charge in [0.15, 0.2) is 0 Å². The molecule has 0 saturated carbocycles. The third-order valence-electron chi connectivity index (χ3n) is 3.92. The van der Waals surface area contributed by atoms with E-state index >= 15 is 0 Å². The van der Waals surface area contributed by atoms with Crippen molar-refractivity contribution in [3.63, 3.8) is 0 Å². The summed E-state index contributed by atoms with van der Waals surface area (Å²) in [6.45, 7) is 16.4. The predicted molar refractivity (Wildman–Crippen MR) is 95.5 cm³/mol. The van der Waals surface area contributed by atoms with Gasteiger partial charge in [0.05, 0.1) is 12.6 Å². The van der Waals surface area contributed by atoms with Crippen LogP contribution in [-0.4, -0.2) is 58.3 Å². The topological polar surface area (TPSA) is 71.4 Å². The molecule has 0 aromatic carbocycles. The van der Waals surface area contributed by atoms with Crippen LogP contribution in [0.15, 0.2) is 4.99 Å². The number of carbonyl (C=O) groups excluding carboxylic acids is 2. The van der Waals surface area contributed by atoms with Gasteiger partial charge in [0.1, 0.15) is 11.2 Å². The first-order valence-electron chi connectivity index (χ1n) is 8.76. The molecule has 0 spiro atoms. The van der Waals surface area contributed by atoms with E-state index in [1.165, 1.54) is 4.90 Å². The van der Waals surface area contributed by atoms with Gasteiger partial charge in [0.2, 0.25) is 5.96 Å². The molecule has 2 rings (SSSR count). The fraction of sp³-hybridized carbons (Fsp3) is 0.833. The number of amides is 2. The van der Waals surface area contributed by atoms with Crippen LogP contribution in [0.1, 0.15) is 61.8 Å². The maximum Gasteiger partial charge on any atom is 0.437 e. The zero-order valence-electron chi connectivity index (χ0n) is 16.7. The van der Waals surface area contributed by atoms with Gasteiger partial charge in [-0.25, -0.2) is 14.5 Å². The Morgan fingerprint density at radius 3 is 2.16 bits per heavy atom. The second-order valence-electron chi connectivity index (χ2n) is 9.63. The normalized spacial score (nSPS) is 24.5. The standard InChI is InChI=1S/C18H31N3O4/c1-16(2,3)24-14(22)19-13-20(15(23)25-17(4,5)6)10-12-9-18(7,8)11-21(12)13/h12H,9-11H2,1-8H3/b19-13-. The number of hydrogen-bond acceptors (Lipinski definition) is 4. The van der Waals surface area contributed by atoms with Crippen LogP contribution >= 0.6 is 0 Å². The van der Waals surface area contributed by atoms with E-state index in [1.807, 2.05) is 25.7 Å². The molecule has 0 aliphatic carbocycles. The van der Waals surface area contributed by atoms with Gasteiger partial charge in [-0.05, 0) is 53.4 Å². The van der Waals surface area contributed by atoms with Gasteiger partial charge in [0.25, 0.3) is 0 Å². The van der Waals surface area contributed by atoms with Gasteiger partial charge in [-0.15, -0.1) is 4.99 Å². The molecule has 7 heteroatoms. The van der Waals surface area contributed by atoms with E-state index in [2.05, 4.69) is 18.8 Å². The minimum Gasteiger partial charge on any atom is -0.443 e. The third-order valence-corrected chi connectivity index (χ3v) is 3.92. The first-order valence-corrected chi connectivity index (χ1v) is 8.76. The number of hydrogen-bond donors (Lipinski definition) is 0. The van der Waals surface area contributed by atoms with Gasteiger partial charge in [-0.1, -0.05) is 13.8 Å². The van der Waals surface area contributed by atoms with Crippen LogP contribution < -0.4 is 0 Å². The Morgan fingerprint density at radius 2 is 1.64 bits per heavy atom. The Kier molecular flexibility index (Phi) is 4.83. The van der Waals surface area contributed by atoms with Crippen molar-refractivity contribution >= 4 is 18.1 Å². The highest BCUT2D eigenvalue weighted by Crippen LogP contribution is 2.38. The molecule has 0 radical (unpaired) electrons. The van der Waals surface area contributed by atoms with Crippen LogP contribution in [0.25, 0.3) is 0 Å². The predicted octanol–water partition coefficient (Wildman–Crippen LogP) is 3.63. The molecule has 1 atom stereocenters. The SMILES string of the molecule is CC1(C)CC2CN(C(=O)OC(C)(C)C)/C(=N/C(=O)OC(C)(C)C)N2C1. The number of aliphatic imine (C=N–C) groups is 1. The maximum atomic E-state index is 12.6. The van der Waals surface area contributed by atoms with E-state index in [9.17, 15) is 9.59 Å². The molecule has 2 amide bonds. The molecule has 2 heterocycles. The molecule has 0 bridgehead atoms. The van der Waals surface area contributed by atoms with Gasteiger partial charge in [-0.3, -0.25) is 0 Å². The van der Waals surface area contributed by atoms with E-state index in [1.54, 1.807) is 20.8 Å². The third kappa shape index (κ3) is 5.09. The average molecular weight is 353 g/mol. The van der Waals surface area contributed by atoms with Crippen LogP contribution in [0.4, 0.5) is 9.59 Å². The van der Waals surface area contributed by atoms with Gasteiger partial charge >= 0.3 is 12.2 Å². The van der Waals surface area contributed by atoms with Crippen molar-refractivity contribution in [2.45, 2.75) is 79.1 Å². The summed E-state index contributed by atoms with van der Waals surface area (Å²) in [5, 5.41) is 0. The Bertz CT molecular complexity index is 584. The van der Waals surface area contributed by atoms with Crippen molar-refractivity contribution in [3.8, 4) is 0 Å². The van der Waals surface area contributed by atoms with E-state index in [-0.39, 0.29) is 11.5 Å². The smallest absolute Gasteiger partial charge is 0.437 e. The molecular weight excluding hydrogens is 322 g/mol. The summed E-state index contributed by atoms with van der Waals surface area (Å²) in [4.78, 5) is 32.4. The Balaban J connectivity index is 2.27. The minimum atomic E-state index is -0.693. The summed E-state index contributed by atoms with van der Waals surface area (Å²) < 4.78 is 10.8. The van der Waals surface area contributed by atoms with Crippen molar-refractivity contribution in [2.24, 2.45) is 10.4 Å². The molecular formula is C18H31N3O4. The van der Waals surface area contributed by atoms with E-state index in [0.717, 1.165) is 13.0 Å². The van der Waals surface area contributed by atoms with E-state index in [0.29, 0.717) is 12.5 Å². The van der Waals surface area contributed by atoms with Gasteiger partial charge < -0.3 is 14.4 Å². The van der Waals surface area contributed by atoms with E-state index < -0.39 is 23.4 Å². The Hall–Kier alpha value is -1.79. The Labute approximate surface area is 150 Å². The molecule has 0 aromatic heterocycles. The minimum absolute atomic E-state index is 0.111. The lowest BCUT2D eigenvalue weighted by atomic mass is 9.90. The average Bonchev–Trinajstić information content (AvgIpc) is 2.78. The lowest BCUT2D eigenvalue weighted by Gasteiger charge is -2.27. The lowest BCUT2D eigenvalue weighted by Crippen LogP contribution is -2.42. The molecule has 1 unspecified atom stereocenters. The summed E-state index contributed by atoms with van der Waals surface area (Å²) in [6, 6.07) is 0.142. The highest BCUT2D eigenvalue weighted by molar-refractivity contribution is 6.00. The quantitative estimate of drug-likeness (QED) is 0.665. The molecule has 2 saturated heterocycles. The first kappa shape index (κ1) is 19.5. The fourth-order valence-electron chi connectivity index (χ4n) is 3.21. The molecule has 0 aromatic rings. The number of rotatable bonds is 0. The molecule has 0 N–H and O–H groups in total. The second-order valence-corrected chi connectivity index (χ2v) is 9.63. The zero-order chi connectivity index (χ0) is 19.2. The Morgan fingerprint density at radius 1 is 1.08 bits per heavy atom. The summed E-state index contributed by atoms with van der Waals surface area (Å²) in [7, 11) is 0.